The third-order valence-corrected chi connectivity index (χ3v) is 4.54. The predicted molar refractivity (Wildman–Crippen MR) is 103 cm³/mol. The Morgan fingerprint density at radius 2 is 1.84 bits per heavy atom. The molecule has 1 aliphatic heterocycles. The van der Waals surface area contributed by atoms with E-state index in [0.717, 1.165) is 6.07 Å². The molecule has 3 N–H and O–H groups in total. The summed E-state index contributed by atoms with van der Waals surface area (Å²) in [6.07, 6.45) is -5.35. The standard InChI is InChI=1S/C20H21F3N2O6/c1-28-7-13-8-29-9-14(31-13)10-30-12-4-2-11(3-5-12)15-6-16(18(24)26)19(27)25-17(15)20(21,22)23/h2-6,13-14H,7-10H2,1H3,(H2,24,26)(H,25,27)/t13-,14+/m1/s1. The fourth-order valence-corrected chi connectivity index (χ4v) is 3.13. The van der Waals surface area contributed by atoms with E-state index in [4.69, 9.17) is 24.7 Å². The number of aromatic amines is 1. The van der Waals surface area contributed by atoms with Crippen LogP contribution >= 0.6 is 0 Å². The average molecular weight is 442 g/mol. The van der Waals surface area contributed by atoms with Gasteiger partial charge < -0.3 is 29.7 Å². The molecule has 1 amide bonds. The van der Waals surface area contributed by atoms with E-state index in [1.165, 1.54) is 24.3 Å². The number of nitrogens with one attached hydrogen (secondary N) is 1. The summed E-state index contributed by atoms with van der Waals surface area (Å²) in [4.78, 5) is 24.9. The number of pyridine rings is 1. The minimum Gasteiger partial charge on any atom is -0.491 e. The minimum atomic E-state index is -4.84. The van der Waals surface area contributed by atoms with Gasteiger partial charge in [0.05, 0.1) is 19.8 Å². The quantitative estimate of drug-likeness (QED) is 0.678. The number of carbonyl (C=O) groups excluding carboxylic acids is 1. The maximum absolute atomic E-state index is 13.4. The molecule has 11 heteroatoms. The van der Waals surface area contributed by atoms with Crippen LogP contribution in [0.25, 0.3) is 11.1 Å². The minimum absolute atomic E-state index is 0.121. The molecule has 0 bridgehead atoms. The Morgan fingerprint density at radius 3 is 2.42 bits per heavy atom. The molecule has 168 valence electrons. The number of alkyl halides is 3. The summed E-state index contributed by atoms with van der Waals surface area (Å²) < 4.78 is 62.1. The molecule has 0 saturated carbocycles. The number of ether oxygens (including phenoxy) is 4. The zero-order chi connectivity index (χ0) is 22.6. The van der Waals surface area contributed by atoms with Crippen LogP contribution in [0, 0.1) is 0 Å². The summed E-state index contributed by atoms with van der Waals surface area (Å²) in [6, 6.07) is 6.55. The number of benzene rings is 1. The van der Waals surface area contributed by atoms with Crippen LogP contribution in [0.2, 0.25) is 0 Å². The lowest BCUT2D eigenvalue weighted by Crippen LogP contribution is -2.41. The van der Waals surface area contributed by atoms with Gasteiger partial charge in [-0.3, -0.25) is 9.59 Å². The second-order valence-corrected chi connectivity index (χ2v) is 6.87. The smallest absolute Gasteiger partial charge is 0.431 e. The van der Waals surface area contributed by atoms with E-state index in [9.17, 15) is 22.8 Å². The molecule has 0 spiro atoms. The number of methoxy groups -OCH3 is 1. The SMILES string of the molecule is COC[C@@H]1COC[C@@H](COc2ccc(-c3cc(C(N)=O)c(=O)[nH]c3C(F)(F)F)cc2)O1. The Kier molecular flexibility index (Phi) is 6.98. The van der Waals surface area contributed by atoms with Gasteiger partial charge in [0.25, 0.3) is 11.5 Å². The van der Waals surface area contributed by atoms with Crippen LogP contribution in [0.15, 0.2) is 35.1 Å². The van der Waals surface area contributed by atoms with Crippen molar-refractivity contribution in [2.75, 3.05) is 33.5 Å². The first kappa shape index (κ1) is 22.8. The van der Waals surface area contributed by atoms with E-state index >= 15 is 0 Å². The summed E-state index contributed by atoms with van der Waals surface area (Å²) in [5, 5.41) is 0. The number of H-pyrrole nitrogens is 1. The normalized spacial score (nSPS) is 19.2. The van der Waals surface area contributed by atoms with E-state index in [1.54, 1.807) is 12.1 Å². The van der Waals surface area contributed by atoms with Crippen molar-refractivity contribution >= 4 is 5.91 Å². The van der Waals surface area contributed by atoms with Gasteiger partial charge in [0.1, 0.15) is 35.8 Å². The third kappa shape index (κ3) is 5.63. The monoisotopic (exact) mass is 442 g/mol. The fourth-order valence-electron chi connectivity index (χ4n) is 3.13. The number of nitrogens with two attached hydrogens (primary N) is 1. The Labute approximate surface area is 175 Å². The topological polar surface area (TPSA) is 113 Å². The molecule has 3 rings (SSSR count). The molecule has 1 aliphatic rings. The molecule has 1 fully saturated rings. The summed E-state index contributed by atoms with van der Waals surface area (Å²) in [6.45, 7) is 1.34. The zero-order valence-corrected chi connectivity index (χ0v) is 16.5. The van der Waals surface area contributed by atoms with Gasteiger partial charge >= 0.3 is 6.18 Å². The largest absolute Gasteiger partial charge is 0.491 e. The van der Waals surface area contributed by atoms with Crippen molar-refractivity contribution in [2.24, 2.45) is 5.73 Å². The molecule has 1 aromatic heterocycles. The van der Waals surface area contributed by atoms with E-state index in [0.29, 0.717) is 25.6 Å². The first-order valence-electron chi connectivity index (χ1n) is 9.28. The van der Waals surface area contributed by atoms with Gasteiger partial charge in [-0.25, -0.2) is 0 Å². The molecule has 0 aliphatic carbocycles. The Morgan fingerprint density at radius 1 is 1.19 bits per heavy atom. The Hall–Kier alpha value is -2.89. The number of hydrogen-bond acceptors (Lipinski definition) is 6. The number of halogens is 3. The molecule has 2 aromatic rings. The van der Waals surface area contributed by atoms with Crippen LogP contribution in [0.3, 0.4) is 0 Å². The number of primary amides is 1. The Balaban J connectivity index is 1.77. The second-order valence-electron chi connectivity index (χ2n) is 6.87. The van der Waals surface area contributed by atoms with Crippen LogP contribution in [0.4, 0.5) is 13.2 Å². The highest BCUT2D eigenvalue weighted by Gasteiger charge is 2.36. The highest BCUT2D eigenvalue weighted by molar-refractivity contribution is 5.93. The summed E-state index contributed by atoms with van der Waals surface area (Å²) in [5.74, 6) is -0.730. The number of hydrogen-bond donors (Lipinski definition) is 2. The van der Waals surface area contributed by atoms with E-state index < -0.39 is 28.9 Å². The van der Waals surface area contributed by atoms with E-state index in [1.807, 2.05) is 0 Å². The van der Waals surface area contributed by atoms with Gasteiger partial charge in [-0.15, -0.1) is 0 Å². The third-order valence-electron chi connectivity index (χ3n) is 4.54. The predicted octanol–water partition coefficient (Wildman–Crippen LogP) is 1.97. The molecule has 2 atom stereocenters. The zero-order valence-electron chi connectivity index (χ0n) is 16.5. The molecule has 1 saturated heterocycles. The van der Waals surface area contributed by atoms with Crippen LogP contribution in [0.5, 0.6) is 5.75 Å². The van der Waals surface area contributed by atoms with Crippen molar-refractivity contribution in [3.8, 4) is 16.9 Å². The second kappa shape index (κ2) is 9.50. The van der Waals surface area contributed by atoms with Crippen molar-refractivity contribution in [1.29, 1.82) is 0 Å². The van der Waals surface area contributed by atoms with Crippen molar-refractivity contribution < 1.29 is 36.9 Å². The number of rotatable bonds is 7. The maximum Gasteiger partial charge on any atom is 0.431 e. The van der Waals surface area contributed by atoms with Gasteiger partial charge in [0.15, 0.2) is 0 Å². The van der Waals surface area contributed by atoms with E-state index in [2.05, 4.69) is 0 Å². The summed E-state index contributed by atoms with van der Waals surface area (Å²) in [7, 11) is 1.56. The first-order valence-corrected chi connectivity index (χ1v) is 9.28. The molecule has 1 aromatic carbocycles. The van der Waals surface area contributed by atoms with Gasteiger partial charge in [-0.05, 0) is 23.8 Å². The summed E-state index contributed by atoms with van der Waals surface area (Å²) >= 11 is 0. The number of amides is 1. The average Bonchev–Trinajstić information content (AvgIpc) is 2.72. The lowest BCUT2D eigenvalue weighted by molar-refractivity contribution is -0.162. The molecule has 2 heterocycles. The van der Waals surface area contributed by atoms with Crippen molar-refractivity contribution in [2.45, 2.75) is 18.4 Å². The fraction of sp³-hybridized carbons (Fsp3) is 0.400. The first-order chi connectivity index (χ1) is 14.7. The molecular weight excluding hydrogens is 421 g/mol. The highest BCUT2D eigenvalue weighted by Crippen LogP contribution is 2.35. The van der Waals surface area contributed by atoms with Crippen LogP contribution in [-0.2, 0) is 20.4 Å². The lowest BCUT2D eigenvalue weighted by atomic mass is 10.0. The molecule has 0 radical (unpaired) electrons. The number of aromatic nitrogens is 1. The molecule has 0 unspecified atom stereocenters. The Bertz CT molecular complexity index is 972. The van der Waals surface area contributed by atoms with Crippen LogP contribution < -0.4 is 16.0 Å². The van der Waals surface area contributed by atoms with E-state index in [-0.39, 0.29) is 29.9 Å². The summed E-state index contributed by atoms with van der Waals surface area (Å²) in [5.41, 5.74) is 1.80. The molecular formula is C20H21F3N2O6. The van der Waals surface area contributed by atoms with Gasteiger partial charge in [0.2, 0.25) is 0 Å². The molecule has 8 nitrogen and oxygen atoms in total. The molecule has 31 heavy (non-hydrogen) atoms. The van der Waals surface area contributed by atoms with Crippen molar-refractivity contribution in [1.82, 2.24) is 4.98 Å². The van der Waals surface area contributed by atoms with Crippen molar-refractivity contribution in [3.63, 3.8) is 0 Å². The van der Waals surface area contributed by atoms with Crippen molar-refractivity contribution in [3.05, 3.63) is 51.9 Å². The van der Waals surface area contributed by atoms with Gasteiger partial charge in [0, 0.05) is 12.7 Å². The van der Waals surface area contributed by atoms with Gasteiger partial charge in [-0.2, -0.15) is 13.2 Å². The maximum atomic E-state index is 13.4. The van der Waals surface area contributed by atoms with Crippen LogP contribution in [0.1, 0.15) is 16.1 Å². The van der Waals surface area contributed by atoms with Crippen LogP contribution in [-0.4, -0.2) is 56.6 Å². The van der Waals surface area contributed by atoms with Gasteiger partial charge in [-0.1, -0.05) is 12.1 Å². The lowest BCUT2D eigenvalue weighted by Gasteiger charge is -2.29. The highest BCUT2D eigenvalue weighted by atomic mass is 19.4. The number of carbonyl (C=O) groups is 1.